The summed E-state index contributed by atoms with van der Waals surface area (Å²) in [6, 6.07) is 7.41. The fraction of sp³-hybridized carbons (Fsp3) is 0.583. The molecule has 176 valence electrons. The molecule has 0 bridgehead atoms. The lowest BCUT2D eigenvalue weighted by atomic mass is 9.84. The zero-order valence-corrected chi connectivity index (χ0v) is 21.5. The lowest BCUT2D eigenvalue weighted by Crippen LogP contribution is -2.41. The Kier molecular flexibility index (Phi) is 9.64. The highest BCUT2D eigenvalue weighted by atomic mass is 35.5. The highest BCUT2D eigenvalue weighted by Gasteiger charge is 2.24. The molecule has 6 nitrogen and oxygen atoms in total. The fourth-order valence-corrected chi connectivity index (χ4v) is 4.62. The Hall–Kier alpha value is -1.99. The topological polar surface area (TPSA) is 75.2 Å². The van der Waals surface area contributed by atoms with E-state index in [1.807, 2.05) is 24.0 Å². The average Bonchev–Trinajstić information content (AvgIpc) is 3.15. The van der Waals surface area contributed by atoms with Gasteiger partial charge in [0.1, 0.15) is 5.01 Å². The van der Waals surface area contributed by atoms with E-state index >= 15 is 0 Å². The van der Waals surface area contributed by atoms with Crippen LogP contribution in [0, 0.1) is 11.3 Å². The van der Waals surface area contributed by atoms with Crippen LogP contribution in [0.15, 0.2) is 24.3 Å². The zero-order chi connectivity index (χ0) is 23.9. The van der Waals surface area contributed by atoms with Crippen molar-refractivity contribution in [3.05, 3.63) is 29.3 Å². The number of hydrogen-bond donors (Lipinski definition) is 1. The highest BCUT2D eigenvalue weighted by Crippen LogP contribution is 2.28. The number of benzene rings is 1. The van der Waals surface area contributed by atoms with Gasteiger partial charge in [-0.2, -0.15) is 0 Å². The van der Waals surface area contributed by atoms with Gasteiger partial charge in [0.05, 0.1) is 0 Å². The van der Waals surface area contributed by atoms with E-state index in [2.05, 4.69) is 50.1 Å². The van der Waals surface area contributed by atoms with E-state index in [4.69, 9.17) is 11.6 Å². The van der Waals surface area contributed by atoms with E-state index in [1.165, 1.54) is 11.3 Å². The van der Waals surface area contributed by atoms with Crippen molar-refractivity contribution < 1.29 is 9.59 Å². The molecule has 1 aromatic carbocycles. The minimum absolute atomic E-state index is 0.0928. The Morgan fingerprint density at radius 3 is 2.41 bits per heavy atom. The smallest absolute Gasteiger partial charge is 0.227 e. The molecule has 0 saturated heterocycles. The van der Waals surface area contributed by atoms with Crippen molar-refractivity contribution in [2.45, 2.75) is 73.3 Å². The van der Waals surface area contributed by atoms with Gasteiger partial charge in [0.15, 0.2) is 0 Å². The Balaban J connectivity index is 1.93. The van der Waals surface area contributed by atoms with Gasteiger partial charge >= 0.3 is 0 Å². The second-order valence-electron chi connectivity index (χ2n) is 9.64. The fourth-order valence-electron chi connectivity index (χ4n) is 3.73. The van der Waals surface area contributed by atoms with Crippen molar-refractivity contribution in [1.29, 1.82) is 0 Å². The molecular weight excluding hydrogens is 444 g/mol. The third kappa shape index (κ3) is 8.51. The summed E-state index contributed by atoms with van der Waals surface area (Å²) in [6.45, 7) is 13.2. The summed E-state index contributed by atoms with van der Waals surface area (Å²) >= 11 is 7.23. The van der Waals surface area contributed by atoms with Crippen LogP contribution in [0.2, 0.25) is 5.02 Å². The van der Waals surface area contributed by atoms with Crippen LogP contribution in [0.1, 0.15) is 67.2 Å². The summed E-state index contributed by atoms with van der Waals surface area (Å²) in [7, 11) is 0. The quantitative estimate of drug-likeness (QED) is 0.436. The number of nitrogens with zero attached hydrogens (tertiary/aromatic N) is 3. The van der Waals surface area contributed by atoms with Crippen LogP contribution in [0.25, 0.3) is 10.6 Å². The van der Waals surface area contributed by atoms with Gasteiger partial charge < -0.3 is 10.2 Å². The molecule has 2 rings (SSSR count). The molecule has 0 spiro atoms. The largest absolute Gasteiger partial charge is 0.339 e. The maximum Gasteiger partial charge on any atom is 0.227 e. The molecule has 1 heterocycles. The Bertz CT molecular complexity index is 892. The molecule has 0 aliphatic carbocycles. The molecule has 0 fully saturated rings. The molecule has 0 aliphatic heterocycles. The molecule has 0 unspecified atom stereocenters. The number of nitrogens with one attached hydrogen (secondary N) is 1. The van der Waals surface area contributed by atoms with E-state index in [-0.39, 0.29) is 29.7 Å². The molecule has 2 atom stereocenters. The number of aromatic nitrogens is 2. The number of hydrogen-bond acceptors (Lipinski definition) is 5. The third-order valence-corrected chi connectivity index (χ3v) is 6.41. The summed E-state index contributed by atoms with van der Waals surface area (Å²) in [5.41, 5.74) is 1.08. The minimum atomic E-state index is -0.173. The Morgan fingerprint density at radius 1 is 1.16 bits per heavy atom. The Morgan fingerprint density at radius 2 is 1.81 bits per heavy atom. The first-order valence-corrected chi connectivity index (χ1v) is 12.4. The highest BCUT2D eigenvalue weighted by molar-refractivity contribution is 7.18. The number of carbonyl (C=O) groups excluding carboxylic acids is 2. The van der Waals surface area contributed by atoms with Gasteiger partial charge in [0.2, 0.25) is 16.9 Å². The first kappa shape index (κ1) is 26.3. The van der Waals surface area contributed by atoms with E-state index in [1.54, 1.807) is 12.1 Å². The van der Waals surface area contributed by atoms with E-state index < -0.39 is 0 Å². The lowest BCUT2D eigenvalue weighted by molar-refractivity contribution is -0.134. The molecule has 1 N–H and O–H groups in total. The van der Waals surface area contributed by atoms with Gasteiger partial charge in [0.25, 0.3) is 0 Å². The number of halogens is 1. The van der Waals surface area contributed by atoms with Crippen molar-refractivity contribution >= 4 is 39.9 Å². The standard InChI is InChI=1S/C24H35ClN4O2S/c1-7-17(3)29(21(31)14-16(2)15-24(4,5)6)13-12-20(30)26-23-28-27-22(32-23)18-8-10-19(25)11-9-18/h8-11,16-17H,7,12-15H2,1-6H3,(H,26,28,30)/t16-,17+/m1/s1. The van der Waals surface area contributed by atoms with Gasteiger partial charge in [-0.25, -0.2) is 0 Å². The molecule has 1 aromatic heterocycles. The van der Waals surface area contributed by atoms with Gasteiger partial charge in [0, 0.05) is 36.0 Å². The van der Waals surface area contributed by atoms with Crippen LogP contribution >= 0.6 is 22.9 Å². The first-order valence-electron chi connectivity index (χ1n) is 11.2. The van der Waals surface area contributed by atoms with Gasteiger partial charge in [-0.1, -0.05) is 69.7 Å². The number of amides is 2. The van der Waals surface area contributed by atoms with Gasteiger partial charge in [-0.3, -0.25) is 9.59 Å². The van der Waals surface area contributed by atoms with Crippen LogP contribution in [0.4, 0.5) is 5.13 Å². The first-order chi connectivity index (χ1) is 15.0. The number of rotatable bonds is 10. The molecule has 2 aromatic rings. The van der Waals surface area contributed by atoms with Crippen molar-refractivity contribution in [1.82, 2.24) is 15.1 Å². The molecule has 32 heavy (non-hydrogen) atoms. The van der Waals surface area contributed by atoms with Gasteiger partial charge in [-0.05, 0) is 43.2 Å². The summed E-state index contributed by atoms with van der Waals surface area (Å²) in [6.07, 6.45) is 2.56. The maximum absolute atomic E-state index is 13.0. The monoisotopic (exact) mass is 478 g/mol. The second kappa shape index (κ2) is 11.8. The molecule has 2 amide bonds. The summed E-state index contributed by atoms with van der Waals surface area (Å²) in [5, 5.41) is 12.8. The second-order valence-corrected chi connectivity index (χ2v) is 11.0. The summed E-state index contributed by atoms with van der Waals surface area (Å²) in [5.74, 6) is 0.244. The number of anilines is 1. The van der Waals surface area contributed by atoms with E-state index in [0.717, 1.165) is 18.4 Å². The molecule has 0 aliphatic rings. The van der Waals surface area contributed by atoms with E-state index in [9.17, 15) is 9.59 Å². The van der Waals surface area contributed by atoms with Crippen molar-refractivity contribution in [3.8, 4) is 10.6 Å². The Labute approximate surface area is 200 Å². The van der Waals surface area contributed by atoms with Crippen LogP contribution in [-0.2, 0) is 9.59 Å². The third-order valence-electron chi connectivity index (χ3n) is 5.27. The summed E-state index contributed by atoms with van der Waals surface area (Å²) in [4.78, 5) is 27.3. The van der Waals surface area contributed by atoms with Crippen molar-refractivity contribution in [2.75, 3.05) is 11.9 Å². The molecule has 0 radical (unpaired) electrons. The molecule has 8 heteroatoms. The predicted molar refractivity (Wildman–Crippen MR) is 133 cm³/mol. The van der Waals surface area contributed by atoms with Crippen LogP contribution < -0.4 is 5.32 Å². The maximum atomic E-state index is 13.0. The lowest BCUT2D eigenvalue weighted by Gasteiger charge is -2.31. The van der Waals surface area contributed by atoms with Crippen LogP contribution in [-0.4, -0.2) is 39.5 Å². The average molecular weight is 479 g/mol. The van der Waals surface area contributed by atoms with Crippen molar-refractivity contribution in [2.24, 2.45) is 11.3 Å². The van der Waals surface area contributed by atoms with Crippen LogP contribution in [0.3, 0.4) is 0 Å². The molecule has 0 saturated carbocycles. The van der Waals surface area contributed by atoms with Gasteiger partial charge in [-0.15, -0.1) is 10.2 Å². The van der Waals surface area contributed by atoms with Crippen molar-refractivity contribution in [3.63, 3.8) is 0 Å². The predicted octanol–water partition coefficient (Wildman–Crippen LogP) is 6.28. The SMILES string of the molecule is CC[C@H](C)N(CCC(=O)Nc1nnc(-c2ccc(Cl)cc2)s1)C(=O)C[C@@H](C)CC(C)(C)C. The number of carbonyl (C=O) groups is 2. The normalized spacial score (nSPS) is 13.5. The van der Waals surface area contributed by atoms with Crippen LogP contribution in [0.5, 0.6) is 0 Å². The minimum Gasteiger partial charge on any atom is -0.339 e. The summed E-state index contributed by atoms with van der Waals surface area (Å²) < 4.78 is 0. The van der Waals surface area contributed by atoms with E-state index in [0.29, 0.717) is 34.0 Å². The molecular formula is C24H35ClN4O2S. The zero-order valence-electron chi connectivity index (χ0n) is 19.9.